The van der Waals surface area contributed by atoms with Crippen molar-refractivity contribution in [2.75, 3.05) is 0 Å². The molecule has 0 aromatic heterocycles. The van der Waals surface area contributed by atoms with E-state index in [2.05, 4.69) is 0 Å². The Hall–Kier alpha value is -0.675. The Morgan fingerprint density at radius 2 is 1.25 bits per heavy atom. The summed E-state index contributed by atoms with van der Waals surface area (Å²) in [5.41, 5.74) is 0. The van der Waals surface area contributed by atoms with Crippen LogP contribution in [0, 0.1) is 0 Å². The molecule has 0 aliphatic carbocycles. The van der Waals surface area contributed by atoms with Crippen molar-refractivity contribution in [1.82, 2.24) is 0 Å². The third kappa shape index (κ3) is 219. The van der Waals surface area contributed by atoms with Crippen LogP contribution >= 0.6 is 0 Å². The number of hydrogen-bond acceptors (Lipinski definition) is 1. The van der Waals surface area contributed by atoms with E-state index in [1.165, 1.54) is 0 Å². The summed E-state index contributed by atoms with van der Waals surface area (Å²) in [6, 6.07) is 0. The van der Waals surface area contributed by atoms with Gasteiger partial charge in [0.05, 0.1) is 0 Å². The maximum absolute atomic E-state index is 9.00. The van der Waals surface area contributed by atoms with Gasteiger partial charge in [0.2, 0.25) is 0 Å². The second kappa shape index (κ2) is 33.2. The van der Waals surface area contributed by atoms with Gasteiger partial charge in [0, 0.05) is 15.3 Å². The van der Waals surface area contributed by atoms with Gasteiger partial charge in [-0.05, 0) is 0 Å². The van der Waals surface area contributed by atoms with Gasteiger partial charge in [0.1, 0.15) is 0 Å². The Bertz CT molecular complexity index is 38.3. The number of aliphatic carboxylic acids is 1. The summed E-state index contributed by atoms with van der Waals surface area (Å²) < 4.78 is 0. The number of hydrogen-bond donors (Lipinski definition) is 1. The highest BCUT2D eigenvalue weighted by Gasteiger charge is 1.65. The van der Waals surface area contributed by atoms with E-state index in [0.717, 1.165) is 6.92 Å². The van der Waals surface area contributed by atoms with Gasteiger partial charge in [0.25, 0.3) is 5.97 Å². The van der Waals surface area contributed by atoms with E-state index in [1.807, 2.05) is 0 Å². The van der Waals surface area contributed by atoms with E-state index in [0.29, 0.717) is 0 Å². The molecular formula is C2H7BF3O2. The maximum atomic E-state index is 9.00. The number of rotatable bonds is 0. The molecule has 1 N–H and O–H groups in total. The molecule has 2 nitrogen and oxygen atoms in total. The molecule has 0 aromatic rings. The van der Waals surface area contributed by atoms with Crippen LogP contribution in [-0.4, -0.2) is 19.5 Å². The van der Waals surface area contributed by atoms with E-state index < -0.39 is 5.97 Å². The molecule has 0 atom stereocenters. The molecule has 0 unspecified atom stereocenters. The summed E-state index contributed by atoms with van der Waals surface area (Å²) in [6.07, 6.45) is 0. The van der Waals surface area contributed by atoms with Crippen molar-refractivity contribution in [1.29, 1.82) is 0 Å². The summed E-state index contributed by atoms with van der Waals surface area (Å²) in [7, 11) is 0. The van der Waals surface area contributed by atoms with Gasteiger partial charge in [-0.15, -0.1) is 0 Å². The van der Waals surface area contributed by atoms with E-state index >= 15 is 0 Å². The van der Waals surface area contributed by atoms with Gasteiger partial charge in [-0.25, -0.2) is 0 Å². The van der Waals surface area contributed by atoms with Crippen molar-refractivity contribution in [3.05, 3.63) is 0 Å². The zero-order valence-corrected chi connectivity index (χ0v) is 4.16. The lowest BCUT2D eigenvalue weighted by Crippen LogP contribution is -1.78. The first-order valence-corrected chi connectivity index (χ1v) is 0.928. The van der Waals surface area contributed by atoms with Crippen LogP contribution in [0.1, 0.15) is 6.92 Å². The first-order valence-electron chi connectivity index (χ1n) is 0.928. The predicted molar refractivity (Wildman–Crippen MR) is 26.6 cm³/mol. The SMILES string of the molecule is CC(=O)O.F.F.F.[B]. The highest BCUT2D eigenvalue weighted by molar-refractivity contribution is 5.75. The Kier molecular flexibility index (Phi) is 225. The average molecular weight is 131 g/mol. The largest absolute Gasteiger partial charge is 0.481 e. The quantitative estimate of drug-likeness (QED) is 0.475. The van der Waals surface area contributed by atoms with Crippen LogP contribution in [0.5, 0.6) is 0 Å². The summed E-state index contributed by atoms with van der Waals surface area (Å²) in [5.74, 6) is -0.833. The highest BCUT2D eigenvalue weighted by Crippen LogP contribution is 1.42. The van der Waals surface area contributed by atoms with Crippen molar-refractivity contribution in [3.8, 4) is 0 Å². The lowest BCUT2D eigenvalue weighted by atomic mass is 10.8. The standard InChI is InChI=1S/C2H4O2.B.3FH/c1-2(3)4;;;;/h1H3,(H,3,4);;3*1H. The molecule has 0 saturated carbocycles. The fourth-order valence-electron chi connectivity index (χ4n) is 0. The zero-order valence-electron chi connectivity index (χ0n) is 4.16. The van der Waals surface area contributed by atoms with Crippen LogP contribution in [-0.2, 0) is 4.79 Å². The topological polar surface area (TPSA) is 37.3 Å². The Labute approximate surface area is 46.6 Å². The van der Waals surface area contributed by atoms with Gasteiger partial charge < -0.3 is 5.11 Å². The first-order chi connectivity index (χ1) is 1.73. The van der Waals surface area contributed by atoms with Crippen LogP contribution < -0.4 is 0 Å². The molecule has 0 aliphatic heterocycles. The number of carbonyl (C=O) groups is 1. The molecule has 0 aromatic carbocycles. The molecule has 0 bridgehead atoms. The minimum atomic E-state index is -0.833. The summed E-state index contributed by atoms with van der Waals surface area (Å²) in [6.45, 7) is 1.08. The van der Waals surface area contributed by atoms with Crippen molar-refractivity contribution in [3.63, 3.8) is 0 Å². The number of halogens is 3. The number of carboxylic acid groups (broad SMARTS) is 1. The molecule has 51 valence electrons. The smallest absolute Gasteiger partial charge is 0.300 e. The molecule has 0 fully saturated rings. The van der Waals surface area contributed by atoms with E-state index in [-0.39, 0.29) is 22.5 Å². The van der Waals surface area contributed by atoms with Crippen molar-refractivity contribution in [2.24, 2.45) is 0 Å². The first kappa shape index (κ1) is 54.2. The average Bonchev–Trinajstić information content (AvgIpc) is 0.811. The zero-order chi connectivity index (χ0) is 3.58. The fraction of sp³-hybridized carbons (Fsp3) is 0.500. The lowest BCUT2D eigenvalue weighted by Gasteiger charge is -1.59. The van der Waals surface area contributed by atoms with Crippen LogP contribution in [0.25, 0.3) is 0 Å². The molecule has 6 heteroatoms. The van der Waals surface area contributed by atoms with Gasteiger partial charge in [-0.1, -0.05) is 0 Å². The van der Waals surface area contributed by atoms with Crippen molar-refractivity contribution >= 4 is 14.4 Å². The molecule has 0 rings (SSSR count). The fourth-order valence-corrected chi connectivity index (χ4v) is 0. The third-order valence-electron chi connectivity index (χ3n) is 0. The van der Waals surface area contributed by atoms with Crippen molar-refractivity contribution in [2.45, 2.75) is 6.92 Å². The third-order valence-corrected chi connectivity index (χ3v) is 0. The van der Waals surface area contributed by atoms with Gasteiger partial charge in [-0.2, -0.15) is 0 Å². The molecule has 8 heavy (non-hydrogen) atoms. The van der Waals surface area contributed by atoms with E-state index in [9.17, 15) is 0 Å². The summed E-state index contributed by atoms with van der Waals surface area (Å²) in [5, 5.41) is 7.42. The molecule has 0 spiro atoms. The normalized spacial score (nSPS) is 3.12. The monoisotopic (exact) mass is 131 g/mol. The Morgan fingerprint density at radius 3 is 1.25 bits per heavy atom. The van der Waals surface area contributed by atoms with Gasteiger partial charge >= 0.3 is 0 Å². The second-order valence-electron chi connectivity index (χ2n) is 0.519. The Balaban J connectivity index is -0.00000000750. The summed E-state index contributed by atoms with van der Waals surface area (Å²) in [4.78, 5) is 9.00. The molecular weight excluding hydrogens is 124 g/mol. The van der Waals surface area contributed by atoms with Crippen molar-refractivity contribution < 1.29 is 24.0 Å². The molecule has 0 amide bonds. The van der Waals surface area contributed by atoms with Crippen LogP contribution in [0.4, 0.5) is 14.1 Å². The minimum Gasteiger partial charge on any atom is -0.481 e. The molecule has 0 heterocycles. The number of carboxylic acids is 1. The lowest BCUT2D eigenvalue weighted by molar-refractivity contribution is -0.134. The van der Waals surface area contributed by atoms with Gasteiger partial charge in [-0.3, -0.25) is 18.9 Å². The van der Waals surface area contributed by atoms with E-state index in [4.69, 9.17) is 9.90 Å². The molecule has 3 radical (unpaired) electrons. The minimum absolute atomic E-state index is 0. The predicted octanol–water partition coefficient (Wildman–Crippen LogP) is 0.168. The van der Waals surface area contributed by atoms with Crippen LogP contribution in [0.15, 0.2) is 0 Å². The molecule has 0 saturated heterocycles. The van der Waals surface area contributed by atoms with Gasteiger partial charge in [0.15, 0.2) is 0 Å². The summed E-state index contributed by atoms with van der Waals surface area (Å²) >= 11 is 0. The van der Waals surface area contributed by atoms with Crippen LogP contribution in [0.3, 0.4) is 0 Å². The second-order valence-corrected chi connectivity index (χ2v) is 0.519. The Morgan fingerprint density at radius 1 is 1.25 bits per heavy atom. The highest BCUT2D eigenvalue weighted by atomic mass is 19.0. The van der Waals surface area contributed by atoms with E-state index in [1.54, 1.807) is 0 Å². The maximum Gasteiger partial charge on any atom is 0.300 e. The van der Waals surface area contributed by atoms with Crippen LogP contribution in [0.2, 0.25) is 0 Å². The molecule has 0 aliphatic rings.